The van der Waals surface area contributed by atoms with Crippen LogP contribution in [0.3, 0.4) is 0 Å². The fourth-order valence-corrected chi connectivity index (χ4v) is 5.00. The first-order valence-corrected chi connectivity index (χ1v) is 9.54. The smallest absolute Gasteiger partial charge is 0.246 e. The number of nitrogens with zero attached hydrogens (tertiary/aromatic N) is 1. The lowest BCUT2D eigenvalue weighted by atomic mass is 9.98. The normalized spacial score (nSPS) is 32.9. The van der Waals surface area contributed by atoms with Crippen molar-refractivity contribution in [1.82, 2.24) is 10.2 Å². The van der Waals surface area contributed by atoms with E-state index >= 15 is 0 Å². The summed E-state index contributed by atoms with van der Waals surface area (Å²) in [5, 5.41) is 2.78. The standard InChI is InChI=1S/C14H24N2O4S/c1-3-6-11-14(18)16(12(4-2)13(17)15-11)10-7-5-8-21(19,20)9-10/h10-12H,3-9H2,1-2H3,(H,15,17). The maximum Gasteiger partial charge on any atom is 0.246 e. The second-order valence-corrected chi connectivity index (χ2v) is 8.16. The van der Waals surface area contributed by atoms with Crippen LogP contribution in [0, 0.1) is 0 Å². The minimum atomic E-state index is -3.11. The SMILES string of the molecule is CCCC1NC(=O)C(CC)N(C2CCCS(=O)(=O)C2)C1=O. The van der Waals surface area contributed by atoms with Gasteiger partial charge in [0.25, 0.3) is 0 Å². The number of rotatable bonds is 4. The third-order valence-electron chi connectivity index (χ3n) is 4.30. The fraction of sp³-hybridized carbons (Fsp3) is 0.857. The molecule has 0 aromatic heterocycles. The van der Waals surface area contributed by atoms with E-state index in [1.165, 1.54) is 0 Å². The molecule has 3 unspecified atom stereocenters. The summed E-state index contributed by atoms with van der Waals surface area (Å²) in [4.78, 5) is 26.4. The molecule has 0 radical (unpaired) electrons. The summed E-state index contributed by atoms with van der Waals surface area (Å²) in [6, 6.07) is -1.40. The van der Waals surface area contributed by atoms with E-state index in [1.54, 1.807) is 4.90 Å². The van der Waals surface area contributed by atoms with Crippen LogP contribution >= 0.6 is 0 Å². The molecule has 3 atom stereocenters. The highest BCUT2D eigenvalue weighted by Crippen LogP contribution is 2.25. The highest BCUT2D eigenvalue weighted by atomic mass is 32.2. The quantitative estimate of drug-likeness (QED) is 0.817. The third kappa shape index (κ3) is 3.39. The minimum absolute atomic E-state index is 0.0125. The Morgan fingerprint density at radius 1 is 1.29 bits per heavy atom. The molecule has 2 amide bonds. The van der Waals surface area contributed by atoms with E-state index in [0.29, 0.717) is 25.7 Å². The number of nitrogens with one attached hydrogen (secondary N) is 1. The minimum Gasteiger partial charge on any atom is -0.343 e. The predicted molar refractivity (Wildman–Crippen MR) is 79.4 cm³/mol. The van der Waals surface area contributed by atoms with Gasteiger partial charge >= 0.3 is 0 Å². The lowest BCUT2D eigenvalue weighted by Gasteiger charge is -2.44. The molecule has 2 aliphatic heterocycles. The monoisotopic (exact) mass is 316 g/mol. The molecule has 2 aliphatic rings. The molecule has 120 valence electrons. The summed E-state index contributed by atoms with van der Waals surface area (Å²) in [5.74, 6) is -0.0993. The van der Waals surface area contributed by atoms with Gasteiger partial charge in [-0.1, -0.05) is 20.3 Å². The molecule has 1 N–H and O–H groups in total. The zero-order valence-corrected chi connectivity index (χ0v) is 13.5. The first kappa shape index (κ1) is 16.3. The number of hydrogen-bond acceptors (Lipinski definition) is 4. The largest absolute Gasteiger partial charge is 0.343 e. The van der Waals surface area contributed by atoms with Gasteiger partial charge in [-0.15, -0.1) is 0 Å². The summed E-state index contributed by atoms with van der Waals surface area (Å²) in [5.41, 5.74) is 0. The van der Waals surface area contributed by atoms with Gasteiger partial charge in [0, 0.05) is 6.04 Å². The maximum absolute atomic E-state index is 12.7. The molecule has 0 aromatic carbocycles. The van der Waals surface area contributed by atoms with E-state index in [-0.39, 0.29) is 29.4 Å². The first-order chi connectivity index (χ1) is 9.89. The highest BCUT2D eigenvalue weighted by molar-refractivity contribution is 7.91. The molecular weight excluding hydrogens is 292 g/mol. The topological polar surface area (TPSA) is 83.6 Å². The summed E-state index contributed by atoms with van der Waals surface area (Å²) in [6.45, 7) is 3.81. The van der Waals surface area contributed by atoms with Crippen LogP contribution < -0.4 is 5.32 Å². The van der Waals surface area contributed by atoms with E-state index in [0.717, 1.165) is 6.42 Å². The van der Waals surface area contributed by atoms with Gasteiger partial charge in [-0.3, -0.25) is 9.59 Å². The van der Waals surface area contributed by atoms with Crippen molar-refractivity contribution >= 4 is 21.7 Å². The fourth-order valence-electron chi connectivity index (χ4n) is 3.31. The lowest BCUT2D eigenvalue weighted by molar-refractivity contribution is -0.152. The number of carbonyl (C=O) groups is 2. The maximum atomic E-state index is 12.7. The average molecular weight is 316 g/mol. The molecule has 0 spiro atoms. The number of piperazine rings is 1. The third-order valence-corrected chi connectivity index (χ3v) is 6.11. The molecule has 2 heterocycles. The van der Waals surface area contributed by atoms with E-state index in [1.807, 2.05) is 13.8 Å². The molecule has 6 nitrogen and oxygen atoms in total. The summed E-state index contributed by atoms with van der Waals surface area (Å²) < 4.78 is 23.7. The Labute approximate surface area is 126 Å². The van der Waals surface area contributed by atoms with Crippen molar-refractivity contribution in [3.63, 3.8) is 0 Å². The van der Waals surface area contributed by atoms with Crippen LogP contribution in [0.15, 0.2) is 0 Å². The van der Waals surface area contributed by atoms with Crippen LogP contribution in [0.5, 0.6) is 0 Å². The average Bonchev–Trinajstić information content (AvgIpc) is 2.41. The Kier molecular flexibility index (Phi) is 4.91. The van der Waals surface area contributed by atoms with Gasteiger partial charge in [-0.05, 0) is 25.7 Å². The van der Waals surface area contributed by atoms with Gasteiger partial charge in [-0.2, -0.15) is 0 Å². The zero-order valence-electron chi connectivity index (χ0n) is 12.7. The molecule has 2 rings (SSSR count). The number of carbonyl (C=O) groups excluding carboxylic acids is 2. The Hall–Kier alpha value is -1.11. The number of hydrogen-bond donors (Lipinski definition) is 1. The molecule has 0 saturated carbocycles. The van der Waals surface area contributed by atoms with Crippen molar-refractivity contribution in [1.29, 1.82) is 0 Å². The lowest BCUT2D eigenvalue weighted by Crippen LogP contribution is -2.66. The zero-order chi connectivity index (χ0) is 15.6. The summed E-state index contributed by atoms with van der Waals surface area (Å²) in [7, 11) is -3.11. The van der Waals surface area contributed by atoms with Crippen molar-refractivity contribution in [2.45, 2.75) is 64.1 Å². The van der Waals surface area contributed by atoms with Gasteiger partial charge < -0.3 is 10.2 Å². The van der Waals surface area contributed by atoms with Crippen molar-refractivity contribution in [3.05, 3.63) is 0 Å². The van der Waals surface area contributed by atoms with Crippen molar-refractivity contribution in [2.75, 3.05) is 11.5 Å². The van der Waals surface area contributed by atoms with E-state index in [2.05, 4.69) is 5.32 Å². The Balaban J connectivity index is 2.26. The molecule has 21 heavy (non-hydrogen) atoms. The molecule has 2 fully saturated rings. The molecule has 0 aromatic rings. The second-order valence-electron chi connectivity index (χ2n) is 5.93. The predicted octanol–water partition coefficient (Wildman–Crippen LogP) is 0.469. The van der Waals surface area contributed by atoms with Crippen molar-refractivity contribution < 1.29 is 18.0 Å². The van der Waals surface area contributed by atoms with Crippen molar-refractivity contribution in [3.8, 4) is 0 Å². The van der Waals surface area contributed by atoms with Gasteiger partial charge in [-0.25, -0.2) is 8.42 Å². The second kappa shape index (κ2) is 6.34. The summed E-state index contributed by atoms with van der Waals surface area (Å²) >= 11 is 0. The van der Waals surface area contributed by atoms with Crippen LogP contribution in [0.2, 0.25) is 0 Å². The number of sulfone groups is 1. The molecule has 2 saturated heterocycles. The van der Waals surface area contributed by atoms with Crippen LogP contribution in [0.25, 0.3) is 0 Å². The van der Waals surface area contributed by atoms with E-state index in [9.17, 15) is 18.0 Å². The van der Waals surface area contributed by atoms with Gasteiger partial charge in [0.1, 0.15) is 12.1 Å². The van der Waals surface area contributed by atoms with Crippen molar-refractivity contribution in [2.24, 2.45) is 0 Å². The van der Waals surface area contributed by atoms with Crippen LogP contribution in [0.4, 0.5) is 0 Å². The first-order valence-electron chi connectivity index (χ1n) is 7.72. The Morgan fingerprint density at radius 2 is 2.00 bits per heavy atom. The van der Waals surface area contributed by atoms with Gasteiger partial charge in [0.05, 0.1) is 11.5 Å². The Bertz CT molecular complexity index is 517. The summed E-state index contributed by atoms with van der Waals surface area (Å²) in [6.07, 6.45) is 3.12. The van der Waals surface area contributed by atoms with Gasteiger partial charge in [0.15, 0.2) is 9.84 Å². The molecule has 0 aliphatic carbocycles. The highest BCUT2D eigenvalue weighted by Gasteiger charge is 2.44. The molecular formula is C14H24N2O4S. The van der Waals surface area contributed by atoms with E-state index < -0.39 is 21.9 Å². The van der Waals surface area contributed by atoms with Crippen LogP contribution in [-0.2, 0) is 19.4 Å². The van der Waals surface area contributed by atoms with Gasteiger partial charge in [0.2, 0.25) is 11.8 Å². The molecule has 7 heteroatoms. The Morgan fingerprint density at radius 3 is 2.57 bits per heavy atom. The molecule has 0 bridgehead atoms. The van der Waals surface area contributed by atoms with Crippen LogP contribution in [0.1, 0.15) is 46.0 Å². The number of amides is 2. The van der Waals surface area contributed by atoms with Crippen LogP contribution in [-0.4, -0.2) is 54.8 Å². The van der Waals surface area contributed by atoms with E-state index in [4.69, 9.17) is 0 Å².